The SMILES string of the molecule is CC1(C(=O)O)CCN(C(=O)c2cc3cc(Cl)ccc3o2)C1. The van der Waals surface area contributed by atoms with Gasteiger partial charge in [0.25, 0.3) is 5.91 Å². The number of carbonyl (C=O) groups is 2. The van der Waals surface area contributed by atoms with Crippen LogP contribution in [0.4, 0.5) is 0 Å². The number of hydrogen-bond donors (Lipinski definition) is 1. The molecule has 1 aromatic heterocycles. The molecule has 0 radical (unpaired) electrons. The average Bonchev–Trinajstić information content (AvgIpc) is 3.02. The molecule has 1 atom stereocenters. The number of benzene rings is 1. The summed E-state index contributed by atoms with van der Waals surface area (Å²) in [5.74, 6) is -0.955. The third kappa shape index (κ3) is 2.38. The topological polar surface area (TPSA) is 70.8 Å². The first kappa shape index (κ1) is 13.9. The second-order valence-corrected chi connectivity index (χ2v) is 6.07. The molecule has 0 bridgehead atoms. The molecule has 110 valence electrons. The minimum Gasteiger partial charge on any atom is -0.481 e. The number of nitrogens with zero attached hydrogens (tertiary/aromatic N) is 1. The number of rotatable bonds is 2. The summed E-state index contributed by atoms with van der Waals surface area (Å²) < 4.78 is 5.53. The zero-order valence-corrected chi connectivity index (χ0v) is 12.2. The first-order valence-corrected chi connectivity index (χ1v) is 6.99. The number of halogens is 1. The minimum absolute atomic E-state index is 0.193. The van der Waals surface area contributed by atoms with E-state index in [4.69, 9.17) is 16.0 Å². The number of amides is 1. The van der Waals surface area contributed by atoms with Crippen LogP contribution in [-0.4, -0.2) is 35.0 Å². The fourth-order valence-electron chi connectivity index (χ4n) is 2.58. The van der Waals surface area contributed by atoms with Crippen molar-refractivity contribution in [1.82, 2.24) is 4.90 Å². The highest BCUT2D eigenvalue weighted by Gasteiger charge is 2.42. The van der Waals surface area contributed by atoms with E-state index in [9.17, 15) is 14.7 Å². The largest absolute Gasteiger partial charge is 0.481 e. The number of fused-ring (bicyclic) bond motifs is 1. The van der Waals surface area contributed by atoms with E-state index in [0.717, 1.165) is 5.39 Å². The van der Waals surface area contributed by atoms with Gasteiger partial charge in [0.2, 0.25) is 0 Å². The third-order valence-corrected chi connectivity index (χ3v) is 4.20. The molecule has 21 heavy (non-hydrogen) atoms. The van der Waals surface area contributed by atoms with Gasteiger partial charge in [0, 0.05) is 23.5 Å². The molecule has 6 heteroatoms. The maximum absolute atomic E-state index is 12.4. The highest BCUT2D eigenvalue weighted by molar-refractivity contribution is 6.31. The van der Waals surface area contributed by atoms with Crippen molar-refractivity contribution in [3.05, 3.63) is 35.0 Å². The summed E-state index contributed by atoms with van der Waals surface area (Å²) >= 11 is 5.90. The van der Waals surface area contributed by atoms with Gasteiger partial charge in [-0.3, -0.25) is 9.59 Å². The lowest BCUT2D eigenvalue weighted by atomic mass is 9.90. The molecule has 1 N–H and O–H groups in total. The number of carboxylic acid groups (broad SMARTS) is 1. The monoisotopic (exact) mass is 307 g/mol. The maximum Gasteiger partial charge on any atom is 0.311 e. The number of hydrogen-bond acceptors (Lipinski definition) is 3. The summed E-state index contributed by atoms with van der Waals surface area (Å²) in [5, 5.41) is 10.5. The lowest BCUT2D eigenvalue weighted by Crippen LogP contribution is -2.34. The molecule has 1 unspecified atom stereocenters. The predicted octanol–water partition coefficient (Wildman–Crippen LogP) is 3.02. The van der Waals surface area contributed by atoms with Gasteiger partial charge in [0.1, 0.15) is 5.58 Å². The number of likely N-dealkylation sites (tertiary alicyclic amines) is 1. The molecule has 2 heterocycles. The first-order chi connectivity index (χ1) is 9.89. The molecular formula is C15H14ClNO4. The Morgan fingerprint density at radius 2 is 2.14 bits per heavy atom. The normalized spacial score (nSPS) is 21.9. The van der Waals surface area contributed by atoms with Crippen LogP contribution in [-0.2, 0) is 4.79 Å². The van der Waals surface area contributed by atoms with E-state index in [1.165, 1.54) is 4.90 Å². The summed E-state index contributed by atoms with van der Waals surface area (Å²) in [7, 11) is 0. The molecule has 1 saturated heterocycles. The van der Waals surface area contributed by atoms with Crippen LogP contribution in [0.25, 0.3) is 11.0 Å². The molecule has 1 amide bonds. The Balaban J connectivity index is 1.86. The Morgan fingerprint density at radius 1 is 1.38 bits per heavy atom. The van der Waals surface area contributed by atoms with Crippen molar-refractivity contribution in [3.8, 4) is 0 Å². The van der Waals surface area contributed by atoms with Crippen LogP contribution in [0.2, 0.25) is 5.02 Å². The van der Waals surface area contributed by atoms with Crippen molar-refractivity contribution in [2.75, 3.05) is 13.1 Å². The van der Waals surface area contributed by atoms with Crippen molar-refractivity contribution in [2.45, 2.75) is 13.3 Å². The zero-order valence-electron chi connectivity index (χ0n) is 11.4. The van der Waals surface area contributed by atoms with Crippen LogP contribution in [0, 0.1) is 5.41 Å². The summed E-state index contributed by atoms with van der Waals surface area (Å²) in [6.45, 7) is 2.26. The Kier molecular flexibility index (Phi) is 3.17. The van der Waals surface area contributed by atoms with E-state index in [1.54, 1.807) is 31.2 Å². The molecule has 0 spiro atoms. The molecule has 2 aromatic rings. The Labute approximate surface area is 126 Å². The van der Waals surface area contributed by atoms with E-state index in [2.05, 4.69) is 0 Å². The first-order valence-electron chi connectivity index (χ1n) is 6.61. The van der Waals surface area contributed by atoms with Crippen LogP contribution in [0.15, 0.2) is 28.7 Å². The minimum atomic E-state index is -0.884. The standard InChI is InChI=1S/C15H14ClNO4/c1-15(14(19)20)4-5-17(8-15)13(18)12-7-9-6-10(16)2-3-11(9)21-12/h2-3,6-7H,4-5,8H2,1H3,(H,19,20). The Morgan fingerprint density at radius 3 is 2.81 bits per heavy atom. The van der Waals surface area contributed by atoms with E-state index in [1.807, 2.05) is 0 Å². The lowest BCUT2D eigenvalue weighted by molar-refractivity contribution is -0.147. The summed E-state index contributed by atoms with van der Waals surface area (Å²) in [4.78, 5) is 25.2. The molecular weight excluding hydrogens is 294 g/mol. The third-order valence-electron chi connectivity index (χ3n) is 3.97. The van der Waals surface area contributed by atoms with E-state index < -0.39 is 11.4 Å². The second-order valence-electron chi connectivity index (χ2n) is 5.64. The highest BCUT2D eigenvalue weighted by Crippen LogP contribution is 2.32. The molecule has 1 aliphatic heterocycles. The molecule has 5 nitrogen and oxygen atoms in total. The average molecular weight is 308 g/mol. The molecule has 3 rings (SSSR count). The number of furan rings is 1. The Bertz CT molecular complexity index is 738. The molecule has 1 aromatic carbocycles. The van der Waals surface area contributed by atoms with Crippen LogP contribution in [0.3, 0.4) is 0 Å². The van der Waals surface area contributed by atoms with Crippen LogP contribution in [0.5, 0.6) is 0 Å². The van der Waals surface area contributed by atoms with Gasteiger partial charge >= 0.3 is 5.97 Å². The van der Waals surface area contributed by atoms with Gasteiger partial charge in [-0.15, -0.1) is 0 Å². The van der Waals surface area contributed by atoms with Gasteiger partial charge in [0.15, 0.2) is 5.76 Å². The fourth-order valence-corrected chi connectivity index (χ4v) is 2.76. The number of carbonyl (C=O) groups excluding carboxylic acids is 1. The highest BCUT2D eigenvalue weighted by atomic mass is 35.5. The predicted molar refractivity (Wildman–Crippen MR) is 77.5 cm³/mol. The van der Waals surface area contributed by atoms with Gasteiger partial charge in [-0.2, -0.15) is 0 Å². The fraction of sp³-hybridized carbons (Fsp3) is 0.333. The van der Waals surface area contributed by atoms with Crippen molar-refractivity contribution in [1.29, 1.82) is 0 Å². The van der Waals surface area contributed by atoms with Crippen LogP contribution >= 0.6 is 11.6 Å². The van der Waals surface area contributed by atoms with Gasteiger partial charge in [-0.05, 0) is 37.6 Å². The maximum atomic E-state index is 12.4. The van der Waals surface area contributed by atoms with Crippen LogP contribution in [0.1, 0.15) is 23.9 Å². The van der Waals surface area contributed by atoms with Gasteiger partial charge < -0.3 is 14.4 Å². The van der Waals surface area contributed by atoms with Crippen LogP contribution < -0.4 is 0 Å². The lowest BCUT2D eigenvalue weighted by Gasteiger charge is -2.19. The number of carboxylic acids is 1. The molecule has 0 aliphatic carbocycles. The van der Waals surface area contributed by atoms with E-state index >= 15 is 0 Å². The Hall–Kier alpha value is -2.01. The molecule has 1 fully saturated rings. The molecule has 1 aliphatic rings. The number of aliphatic carboxylic acids is 1. The smallest absolute Gasteiger partial charge is 0.311 e. The summed E-state index contributed by atoms with van der Waals surface area (Å²) in [6.07, 6.45) is 0.445. The van der Waals surface area contributed by atoms with Crippen molar-refractivity contribution < 1.29 is 19.1 Å². The van der Waals surface area contributed by atoms with Gasteiger partial charge in [0.05, 0.1) is 5.41 Å². The molecule has 0 saturated carbocycles. The van der Waals surface area contributed by atoms with Gasteiger partial charge in [-0.25, -0.2) is 0 Å². The van der Waals surface area contributed by atoms with Crippen molar-refractivity contribution >= 4 is 34.4 Å². The summed E-state index contributed by atoms with van der Waals surface area (Å²) in [5.41, 5.74) is -0.298. The van der Waals surface area contributed by atoms with Crippen molar-refractivity contribution in [3.63, 3.8) is 0 Å². The zero-order chi connectivity index (χ0) is 15.2. The van der Waals surface area contributed by atoms with Gasteiger partial charge in [-0.1, -0.05) is 11.6 Å². The van der Waals surface area contributed by atoms with Crippen molar-refractivity contribution in [2.24, 2.45) is 5.41 Å². The van der Waals surface area contributed by atoms with E-state index in [-0.39, 0.29) is 18.2 Å². The quantitative estimate of drug-likeness (QED) is 0.925. The summed E-state index contributed by atoms with van der Waals surface area (Å²) in [6, 6.07) is 6.77. The van der Waals surface area contributed by atoms with E-state index in [0.29, 0.717) is 23.6 Å². The second kappa shape index (κ2) is 4.77.